The van der Waals surface area contributed by atoms with Gasteiger partial charge >= 0.3 is 0 Å². The molecular weight excluding hydrogens is 374 g/mol. The highest BCUT2D eigenvalue weighted by Gasteiger charge is 2.42. The zero-order valence-electron chi connectivity index (χ0n) is 17.9. The van der Waals surface area contributed by atoms with Gasteiger partial charge in [-0.25, -0.2) is 0 Å². The first-order valence-electron chi connectivity index (χ1n) is 12.1. The lowest BCUT2D eigenvalue weighted by Gasteiger charge is -2.34. The number of fused-ring (bicyclic) bond motifs is 1. The highest BCUT2D eigenvalue weighted by Crippen LogP contribution is 2.39. The molecule has 5 nitrogen and oxygen atoms in total. The number of amides is 2. The molecule has 162 valence electrons. The molecule has 3 atom stereocenters. The zero-order valence-corrected chi connectivity index (χ0v) is 17.9. The summed E-state index contributed by atoms with van der Waals surface area (Å²) in [6.07, 6.45) is 10.8. The quantitative estimate of drug-likeness (QED) is 0.749. The molecule has 0 aromatic heterocycles. The average Bonchev–Trinajstić information content (AvgIpc) is 3.52. The number of anilines is 1. The molecule has 4 aliphatic rings. The lowest BCUT2D eigenvalue weighted by atomic mass is 9.79. The Labute approximate surface area is 180 Å². The first-order chi connectivity index (χ1) is 14.7. The molecule has 1 aromatic carbocycles. The monoisotopic (exact) mass is 409 g/mol. The Morgan fingerprint density at radius 3 is 2.57 bits per heavy atom. The van der Waals surface area contributed by atoms with Crippen LogP contribution in [0.1, 0.15) is 69.3 Å². The van der Waals surface area contributed by atoms with Gasteiger partial charge in [0.25, 0.3) is 0 Å². The van der Waals surface area contributed by atoms with Crippen LogP contribution in [-0.4, -0.2) is 42.4 Å². The number of carbonyl (C=O) groups is 2. The van der Waals surface area contributed by atoms with Gasteiger partial charge in [0.2, 0.25) is 11.8 Å². The SMILES string of the molecule is O=C1CC(C(=O)N(C[C@@H]2CNC[C@H]2CC2CCCCC2)C2CC2)c2ccccc2N1. The van der Waals surface area contributed by atoms with Gasteiger partial charge in [-0.2, -0.15) is 0 Å². The minimum atomic E-state index is -0.332. The van der Waals surface area contributed by atoms with Crippen molar-refractivity contribution in [3.63, 3.8) is 0 Å². The maximum atomic E-state index is 13.7. The number of hydrogen-bond acceptors (Lipinski definition) is 3. The summed E-state index contributed by atoms with van der Waals surface area (Å²) in [5, 5.41) is 6.55. The molecule has 2 saturated carbocycles. The Morgan fingerprint density at radius 2 is 1.77 bits per heavy atom. The fourth-order valence-corrected chi connectivity index (χ4v) is 6.02. The smallest absolute Gasteiger partial charge is 0.230 e. The van der Waals surface area contributed by atoms with Crippen LogP contribution >= 0.6 is 0 Å². The molecule has 5 rings (SSSR count). The van der Waals surface area contributed by atoms with Crippen LogP contribution in [0.2, 0.25) is 0 Å². The van der Waals surface area contributed by atoms with E-state index in [1.54, 1.807) is 0 Å². The normalized spacial score (nSPS) is 29.3. The number of nitrogens with zero attached hydrogens (tertiary/aromatic N) is 1. The Bertz CT molecular complexity index is 784. The molecule has 0 radical (unpaired) electrons. The van der Waals surface area contributed by atoms with E-state index in [2.05, 4.69) is 15.5 Å². The summed E-state index contributed by atoms with van der Waals surface area (Å²) in [7, 11) is 0. The van der Waals surface area contributed by atoms with Crippen molar-refractivity contribution in [2.24, 2.45) is 17.8 Å². The Hall–Kier alpha value is -1.88. The van der Waals surface area contributed by atoms with Crippen LogP contribution in [0.25, 0.3) is 0 Å². The fourth-order valence-electron chi connectivity index (χ4n) is 6.02. The van der Waals surface area contributed by atoms with Crippen molar-refractivity contribution >= 4 is 17.5 Å². The van der Waals surface area contributed by atoms with Crippen LogP contribution in [0.5, 0.6) is 0 Å². The standard InChI is InChI=1S/C25H35N3O2/c29-24-13-22(21-8-4-5-9-23(21)27-24)25(30)28(20-10-11-20)16-19-15-26-14-18(19)12-17-6-2-1-3-7-17/h4-5,8-9,17-20,22,26H,1-3,6-7,10-16H2,(H,27,29)/t18-,19+,22?/m1/s1. The lowest BCUT2D eigenvalue weighted by molar-refractivity contribution is -0.136. The largest absolute Gasteiger partial charge is 0.339 e. The molecule has 3 fully saturated rings. The molecule has 1 saturated heterocycles. The van der Waals surface area contributed by atoms with Gasteiger partial charge in [0.15, 0.2) is 0 Å². The van der Waals surface area contributed by atoms with Gasteiger partial charge < -0.3 is 15.5 Å². The van der Waals surface area contributed by atoms with Gasteiger partial charge in [0.1, 0.15) is 0 Å². The van der Waals surface area contributed by atoms with Crippen molar-refractivity contribution in [2.45, 2.75) is 69.7 Å². The number of benzene rings is 1. The minimum Gasteiger partial charge on any atom is -0.339 e. The molecule has 1 aromatic rings. The number of rotatable bonds is 6. The zero-order chi connectivity index (χ0) is 20.5. The second-order valence-electron chi connectivity index (χ2n) is 10.0. The van der Waals surface area contributed by atoms with E-state index in [4.69, 9.17) is 0 Å². The van der Waals surface area contributed by atoms with Gasteiger partial charge in [0.05, 0.1) is 5.92 Å². The van der Waals surface area contributed by atoms with Gasteiger partial charge in [-0.15, -0.1) is 0 Å². The summed E-state index contributed by atoms with van der Waals surface area (Å²) < 4.78 is 0. The first-order valence-corrected chi connectivity index (χ1v) is 12.1. The maximum absolute atomic E-state index is 13.7. The minimum absolute atomic E-state index is 0.0412. The summed E-state index contributed by atoms with van der Waals surface area (Å²) >= 11 is 0. The van der Waals surface area contributed by atoms with E-state index in [1.165, 1.54) is 38.5 Å². The molecule has 0 spiro atoms. The number of hydrogen-bond donors (Lipinski definition) is 2. The molecule has 2 aliphatic carbocycles. The molecule has 2 heterocycles. The summed E-state index contributed by atoms with van der Waals surface area (Å²) in [4.78, 5) is 28.1. The molecule has 2 aliphatic heterocycles. The Balaban J connectivity index is 1.30. The van der Waals surface area contributed by atoms with E-state index in [-0.39, 0.29) is 24.2 Å². The molecule has 2 N–H and O–H groups in total. The highest BCUT2D eigenvalue weighted by atomic mass is 16.2. The highest BCUT2D eigenvalue weighted by molar-refractivity contribution is 6.01. The average molecular weight is 410 g/mol. The van der Waals surface area contributed by atoms with Gasteiger partial charge in [-0.3, -0.25) is 9.59 Å². The van der Waals surface area contributed by atoms with Gasteiger partial charge in [-0.1, -0.05) is 50.3 Å². The second-order valence-corrected chi connectivity index (χ2v) is 10.0. The molecular formula is C25H35N3O2. The summed E-state index contributed by atoms with van der Waals surface area (Å²) in [6.45, 7) is 2.98. The number of nitrogens with one attached hydrogen (secondary N) is 2. The second kappa shape index (κ2) is 8.70. The van der Waals surface area contributed by atoms with E-state index in [1.807, 2.05) is 24.3 Å². The van der Waals surface area contributed by atoms with E-state index in [0.717, 1.165) is 49.6 Å². The van der Waals surface area contributed by atoms with Crippen molar-refractivity contribution in [1.29, 1.82) is 0 Å². The van der Waals surface area contributed by atoms with Crippen molar-refractivity contribution in [1.82, 2.24) is 10.2 Å². The van der Waals surface area contributed by atoms with E-state index >= 15 is 0 Å². The third kappa shape index (κ3) is 4.27. The molecule has 5 heteroatoms. The predicted octanol–water partition coefficient (Wildman–Crippen LogP) is 3.91. The Kier molecular flexibility index (Phi) is 5.81. The van der Waals surface area contributed by atoms with Crippen molar-refractivity contribution in [3.05, 3.63) is 29.8 Å². The summed E-state index contributed by atoms with van der Waals surface area (Å²) in [5.41, 5.74) is 1.79. The van der Waals surface area contributed by atoms with Crippen molar-refractivity contribution < 1.29 is 9.59 Å². The van der Waals surface area contributed by atoms with Crippen molar-refractivity contribution in [2.75, 3.05) is 25.0 Å². The van der Waals surface area contributed by atoms with E-state index in [9.17, 15) is 9.59 Å². The molecule has 2 amide bonds. The van der Waals surface area contributed by atoms with Crippen molar-refractivity contribution in [3.8, 4) is 0 Å². The van der Waals surface area contributed by atoms with Crippen LogP contribution in [0.3, 0.4) is 0 Å². The molecule has 1 unspecified atom stereocenters. The van der Waals surface area contributed by atoms with E-state index < -0.39 is 0 Å². The van der Waals surface area contributed by atoms with Crippen LogP contribution < -0.4 is 10.6 Å². The summed E-state index contributed by atoms with van der Waals surface area (Å²) in [5.74, 6) is 1.91. The maximum Gasteiger partial charge on any atom is 0.230 e. The molecule has 30 heavy (non-hydrogen) atoms. The van der Waals surface area contributed by atoms with Gasteiger partial charge in [-0.05, 0) is 61.7 Å². The van der Waals surface area contributed by atoms with Crippen LogP contribution in [0, 0.1) is 17.8 Å². The number of para-hydroxylation sites is 1. The Morgan fingerprint density at radius 1 is 1.00 bits per heavy atom. The van der Waals surface area contributed by atoms with Crippen LogP contribution in [-0.2, 0) is 9.59 Å². The van der Waals surface area contributed by atoms with Crippen LogP contribution in [0.4, 0.5) is 5.69 Å². The molecule has 0 bridgehead atoms. The topological polar surface area (TPSA) is 61.4 Å². The van der Waals surface area contributed by atoms with Crippen LogP contribution in [0.15, 0.2) is 24.3 Å². The lowest BCUT2D eigenvalue weighted by Crippen LogP contribution is -2.43. The number of carbonyl (C=O) groups excluding carboxylic acids is 2. The third-order valence-electron chi connectivity index (χ3n) is 7.84. The first kappa shape index (κ1) is 20.0. The summed E-state index contributed by atoms with van der Waals surface area (Å²) in [6, 6.07) is 8.19. The predicted molar refractivity (Wildman–Crippen MR) is 118 cm³/mol. The van der Waals surface area contributed by atoms with E-state index in [0.29, 0.717) is 17.9 Å². The fraction of sp³-hybridized carbons (Fsp3) is 0.680. The van der Waals surface area contributed by atoms with Gasteiger partial charge in [0, 0.05) is 24.7 Å². The third-order valence-corrected chi connectivity index (χ3v) is 7.84.